The summed E-state index contributed by atoms with van der Waals surface area (Å²) in [6, 6.07) is 0. The van der Waals surface area contributed by atoms with Crippen LogP contribution in [-0.4, -0.2) is 60.6 Å². The van der Waals surface area contributed by atoms with Crippen LogP contribution < -0.4 is 0 Å². The SMILES string of the molecule is O=C(CCCCCOC(=S)Cl)OCCOCCOC(=O)CCCCCOC(=S)Cl. The summed E-state index contributed by atoms with van der Waals surface area (Å²) in [6.45, 7) is 1.76. The Bertz CT molecular complexity index is 451. The van der Waals surface area contributed by atoms with E-state index in [-0.39, 0.29) is 47.4 Å². The highest BCUT2D eigenvalue weighted by molar-refractivity contribution is 7.83. The van der Waals surface area contributed by atoms with Gasteiger partial charge in [0, 0.05) is 12.8 Å². The van der Waals surface area contributed by atoms with Crippen molar-refractivity contribution in [3.05, 3.63) is 0 Å². The maximum atomic E-state index is 11.5. The molecule has 0 N–H and O–H groups in total. The molecule has 0 aliphatic rings. The molecule has 0 heterocycles. The second-order valence-corrected chi connectivity index (χ2v) is 7.72. The predicted molar refractivity (Wildman–Crippen MR) is 118 cm³/mol. The van der Waals surface area contributed by atoms with Crippen molar-refractivity contribution in [3.8, 4) is 0 Å². The molecule has 0 aromatic rings. The standard InChI is InChI=1S/C18H28Cl2O7S2/c19-17(28)26-9-5-1-3-7-15(21)24-13-11-23-12-14-25-16(22)8-4-2-6-10-27-18(20)29/h1-14H2. The molecule has 0 rings (SSSR count). The fourth-order valence-electron chi connectivity index (χ4n) is 2.08. The highest BCUT2D eigenvalue weighted by atomic mass is 35.5. The Kier molecular flexibility index (Phi) is 20.0. The maximum absolute atomic E-state index is 11.5. The van der Waals surface area contributed by atoms with Crippen LogP contribution in [-0.2, 0) is 33.3 Å². The highest BCUT2D eigenvalue weighted by Gasteiger charge is 2.04. The zero-order chi connectivity index (χ0) is 21.7. The molecule has 0 aromatic heterocycles. The van der Waals surface area contributed by atoms with Crippen LogP contribution in [0.4, 0.5) is 0 Å². The van der Waals surface area contributed by atoms with Gasteiger partial charge in [-0.3, -0.25) is 9.59 Å². The molecule has 168 valence electrons. The Morgan fingerprint density at radius 3 is 1.34 bits per heavy atom. The maximum Gasteiger partial charge on any atom is 0.305 e. The van der Waals surface area contributed by atoms with Crippen LogP contribution in [0.5, 0.6) is 0 Å². The van der Waals surface area contributed by atoms with E-state index in [0.29, 0.717) is 38.9 Å². The summed E-state index contributed by atoms with van der Waals surface area (Å²) in [5, 5.41) is 0. The Hall–Kier alpha value is -0.740. The first kappa shape index (κ1) is 28.3. The summed E-state index contributed by atoms with van der Waals surface area (Å²) < 4.78 is 25.2. The molecule has 0 aliphatic carbocycles. The average Bonchev–Trinajstić information content (AvgIpc) is 2.66. The van der Waals surface area contributed by atoms with E-state index in [1.165, 1.54) is 0 Å². The number of carbonyl (C=O) groups excluding carboxylic acids is 2. The Labute approximate surface area is 192 Å². The van der Waals surface area contributed by atoms with Crippen LogP contribution in [0.15, 0.2) is 0 Å². The first-order chi connectivity index (χ1) is 13.9. The second-order valence-electron chi connectivity index (χ2n) is 5.85. The number of unbranched alkanes of at least 4 members (excludes halogenated alkanes) is 4. The lowest BCUT2D eigenvalue weighted by Gasteiger charge is -2.07. The molecule has 0 atom stereocenters. The Balaban J connectivity index is 3.32. The zero-order valence-corrected chi connectivity index (χ0v) is 19.5. The number of rotatable bonds is 18. The largest absolute Gasteiger partial charge is 0.475 e. The van der Waals surface area contributed by atoms with Gasteiger partial charge < -0.3 is 23.7 Å². The number of esters is 2. The minimum absolute atomic E-state index is 0.00877. The lowest BCUT2D eigenvalue weighted by Crippen LogP contribution is -2.14. The van der Waals surface area contributed by atoms with Crippen LogP contribution >= 0.6 is 47.6 Å². The highest BCUT2D eigenvalue weighted by Crippen LogP contribution is 2.04. The van der Waals surface area contributed by atoms with Gasteiger partial charge in [0.2, 0.25) is 0 Å². The van der Waals surface area contributed by atoms with Gasteiger partial charge >= 0.3 is 11.9 Å². The van der Waals surface area contributed by atoms with E-state index in [9.17, 15) is 9.59 Å². The molecule has 0 fully saturated rings. The molecule has 11 heteroatoms. The molecule has 0 amide bonds. The molecule has 0 radical (unpaired) electrons. The topological polar surface area (TPSA) is 80.3 Å². The lowest BCUT2D eigenvalue weighted by molar-refractivity contribution is -0.146. The van der Waals surface area contributed by atoms with Crippen LogP contribution in [0.2, 0.25) is 0 Å². The molecule has 7 nitrogen and oxygen atoms in total. The Morgan fingerprint density at radius 1 is 0.552 bits per heavy atom. The van der Waals surface area contributed by atoms with Crippen molar-refractivity contribution in [1.29, 1.82) is 0 Å². The van der Waals surface area contributed by atoms with E-state index in [1.54, 1.807) is 0 Å². The van der Waals surface area contributed by atoms with Crippen LogP contribution in [0.3, 0.4) is 0 Å². The van der Waals surface area contributed by atoms with Crippen molar-refractivity contribution in [2.24, 2.45) is 0 Å². The number of hydrogen-bond acceptors (Lipinski definition) is 9. The molecule has 0 aromatic carbocycles. The summed E-state index contributed by atoms with van der Waals surface area (Å²) >= 11 is 19.9. The van der Waals surface area contributed by atoms with Gasteiger partial charge in [0.05, 0.1) is 26.4 Å². The first-order valence-corrected chi connectivity index (χ1v) is 11.0. The van der Waals surface area contributed by atoms with Gasteiger partial charge in [-0.1, -0.05) is 0 Å². The van der Waals surface area contributed by atoms with Crippen molar-refractivity contribution in [3.63, 3.8) is 0 Å². The van der Waals surface area contributed by atoms with Gasteiger partial charge in [-0.2, -0.15) is 0 Å². The van der Waals surface area contributed by atoms with E-state index in [1.807, 2.05) is 0 Å². The van der Waals surface area contributed by atoms with Crippen molar-refractivity contribution < 1.29 is 33.3 Å². The predicted octanol–water partition coefficient (Wildman–Crippen LogP) is 4.29. The number of halogens is 2. The lowest BCUT2D eigenvalue weighted by atomic mass is 10.2. The van der Waals surface area contributed by atoms with E-state index >= 15 is 0 Å². The number of thiocarbonyl (C=S) groups is 2. The smallest absolute Gasteiger partial charge is 0.305 e. The van der Waals surface area contributed by atoms with Crippen molar-refractivity contribution in [1.82, 2.24) is 0 Å². The number of hydrogen-bond donors (Lipinski definition) is 0. The van der Waals surface area contributed by atoms with Gasteiger partial charge in [0.25, 0.3) is 9.02 Å². The third kappa shape index (κ3) is 23.4. The van der Waals surface area contributed by atoms with E-state index in [4.69, 9.17) is 46.9 Å². The summed E-state index contributed by atoms with van der Waals surface area (Å²) in [4.78, 5) is 23.0. The molecule has 0 aliphatic heterocycles. The normalized spacial score (nSPS) is 10.3. The van der Waals surface area contributed by atoms with Gasteiger partial charge in [-0.25, -0.2) is 0 Å². The molecule has 0 bridgehead atoms. The third-order valence-corrected chi connectivity index (χ3v) is 3.92. The fourth-order valence-corrected chi connectivity index (χ4v) is 2.40. The van der Waals surface area contributed by atoms with Crippen molar-refractivity contribution in [2.45, 2.75) is 51.4 Å². The molecule has 0 saturated heterocycles. The quantitative estimate of drug-likeness (QED) is 0.121. The van der Waals surface area contributed by atoms with E-state index in [0.717, 1.165) is 25.7 Å². The molecule has 0 saturated carbocycles. The minimum atomic E-state index is -0.271. The fraction of sp³-hybridized carbons (Fsp3) is 0.778. The van der Waals surface area contributed by atoms with Gasteiger partial charge in [0.15, 0.2) is 0 Å². The summed E-state index contributed by atoms with van der Waals surface area (Å²) in [7, 11) is 0. The monoisotopic (exact) mass is 490 g/mol. The van der Waals surface area contributed by atoms with Gasteiger partial charge in [-0.05, 0) is 86.2 Å². The minimum Gasteiger partial charge on any atom is -0.475 e. The van der Waals surface area contributed by atoms with Crippen LogP contribution in [0.1, 0.15) is 51.4 Å². The van der Waals surface area contributed by atoms with Crippen LogP contribution in [0.25, 0.3) is 0 Å². The average molecular weight is 491 g/mol. The van der Waals surface area contributed by atoms with Crippen molar-refractivity contribution in [2.75, 3.05) is 39.6 Å². The Morgan fingerprint density at radius 2 is 0.966 bits per heavy atom. The number of ether oxygens (including phenoxy) is 5. The first-order valence-electron chi connectivity index (χ1n) is 9.45. The van der Waals surface area contributed by atoms with Gasteiger partial charge in [0.1, 0.15) is 13.2 Å². The van der Waals surface area contributed by atoms with Crippen molar-refractivity contribution >= 4 is 68.6 Å². The third-order valence-electron chi connectivity index (χ3n) is 3.46. The van der Waals surface area contributed by atoms with E-state index < -0.39 is 0 Å². The zero-order valence-electron chi connectivity index (χ0n) is 16.3. The summed E-state index contributed by atoms with van der Waals surface area (Å²) in [5.74, 6) is -0.542. The van der Waals surface area contributed by atoms with Gasteiger partial charge in [-0.15, -0.1) is 0 Å². The molecule has 0 spiro atoms. The number of carbonyl (C=O) groups is 2. The molecular formula is C18H28Cl2O7S2. The second kappa shape index (κ2) is 20.5. The van der Waals surface area contributed by atoms with E-state index in [2.05, 4.69) is 24.4 Å². The summed E-state index contributed by atoms with van der Waals surface area (Å²) in [6.07, 6.45) is 5.30. The molecule has 0 unspecified atom stereocenters. The summed E-state index contributed by atoms with van der Waals surface area (Å²) in [5.41, 5.74) is 0. The molecule has 29 heavy (non-hydrogen) atoms. The molecular weight excluding hydrogens is 463 g/mol. The van der Waals surface area contributed by atoms with Crippen LogP contribution in [0, 0.1) is 0 Å².